The number of nitrogen functional groups attached to an aromatic ring is 1. The monoisotopic (exact) mass is 398 g/mol. The van der Waals surface area contributed by atoms with Crippen LogP contribution in [-0.2, 0) is 0 Å². The highest BCUT2D eigenvalue weighted by molar-refractivity contribution is 5.91. The van der Waals surface area contributed by atoms with Gasteiger partial charge in [0.05, 0.1) is 5.69 Å². The van der Waals surface area contributed by atoms with Gasteiger partial charge in [0, 0.05) is 41.3 Å². The van der Waals surface area contributed by atoms with Crippen LogP contribution in [0.15, 0.2) is 79.3 Å². The van der Waals surface area contributed by atoms with Crippen molar-refractivity contribution in [1.82, 2.24) is 15.0 Å². The Morgan fingerprint density at radius 3 is 2.57 bits per heavy atom. The van der Waals surface area contributed by atoms with E-state index in [1.807, 2.05) is 48.5 Å². The number of aromatic nitrogens is 3. The minimum Gasteiger partial charge on any atom is -0.457 e. The largest absolute Gasteiger partial charge is 0.457 e. The first-order valence-electron chi connectivity index (χ1n) is 9.06. The smallest absolute Gasteiger partial charge is 0.267 e. The number of amides is 1. The molecule has 5 N–H and O–H groups in total. The highest BCUT2D eigenvalue weighted by Crippen LogP contribution is 2.28. The van der Waals surface area contributed by atoms with Crippen molar-refractivity contribution in [2.75, 3.05) is 11.1 Å². The third kappa shape index (κ3) is 4.33. The zero-order chi connectivity index (χ0) is 20.9. The van der Waals surface area contributed by atoms with Crippen LogP contribution in [-0.4, -0.2) is 20.9 Å². The van der Waals surface area contributed by atoms with Gasteiger partial charge >= 0.3 is 0 Å². The molecule has 0 saturated heterocycles. The van der Waals surface area contributed by atoms with Crippen LogP contribution in [0.25, 0.3) is 11.3 Å². The molecule has 30 heavy (non-hydrogen) atoms. The maximum Gasteiger partial charge on any atom is 0.267 e. The fourth-order valence-corrected chi connectivity index (χ4v) is 2.83. The molecule has 2 heterocycles. The first-order valence-corrected chi connectivity index (χ1v) is 9.06. The second kappa shape index (κ2) is 8.27. The molecule has 0 unspecified atom stereocenters. The summed E-state index contributed by atoms with van der Waals surface area (Å²) in [6.07, 6.45) is 2.95. The second-order valence-corrected chi connectivity index (χ2v) is 6.37. The van der Waals surface area contributed by atoms with Crippen molar-refractivity contribution in [1.29, 1.82) is 0 Å². The highest BCUT2D eigenvalue weighted by atomic mass is 16.5. The maximum atomic E-state index is 11.3. The number of rotatable bonds is 6. The van der Waals surface area contributed by atoms with Crippen LogP contribution in [0.3, 0.4) is 0 Å². The Kier molecular flexibility index (Phi) is 5.21. The number of hydrogen-bond donors (Lipinski definition) is 3. The van der Waals surface area contributed by atoms with E-state index in [-0.39, 0.29) is 5.69 Å². The minimum atomic E-state index is -0.616. The maximum absolute atomic E-state index is 11.3. The fraction of sp³-hybridized carbons (Fsp3) is 0. The van der Waals surface area contributed by atoms with Crippen molar-refractivity contribution in [3.05, 3.63) is 84.9 Å². The molecular weight excluding hydrogens is 380 g/mol. The average Bonchev–Trinajstić information content (AvgIpc) is 2.75. The summed E-state index contributed by atoms with van der Waals surface area (Å²) in [5, 5.41) is 3.23. The number of primary amides is 1. The molecule has 0 bridgehead atoms. The normalized spacial score (nSPS) is 10.4. The van der Waals surface area contributed by atoms with Gasteiger partial charge in [-0.25, -0.2) is 9.97 Å². The molecule has 2 aromatic heterocycles. The highest BCUT2D eigenvalue weighted by Gasteiger charge is 2.07. The third-order valence-electron chi connectivity index (χ3n) is 4.23. The van der Waals surface area contributed by atoms with Gasteiger partial charge in [-0.1, -0.05) is 24.3 Å². The summed E-state index contributed by atoms with van der Waals surface area (Å²) in [7, 11) is 0. The van der Waals surface area contributed by atoms with E-state index in [4.69, 9.17) is 16.2 Å². The van der Waals surface area contributed by atoms with E-state index in [9.17, 15) is 4.79 Å². The summed E-state index contributed by atoms with van der Waals surface area (Å²) in [5.41, 5.74) is 14.4. The molecule has 0 saturated carbocycles. The number of nitrogens with one attached hydrogen (secondary N) is 1. The van der Waals surface area contributed by atoms with Gasteiger partial charge in [0.25, 0.3) is 5.91 Å². The lowest BCUT2D eigenvalue weighted by atomic mass is 10.1. The molecule has 0 radical (unpaired) electrons. The molecule has 4 aromatic rings. The van der Waals surface area contributed by atoms with Crippen LogP contribution in [0.5, 0.6) is 11.5 Å². The Bertz CT molecular complexity index is 1210. The van der Waals surface area contributed by atoms with Crippen LogP contribution >= 0.6 is 0 Å². The number of benzene rings is 2. The van der Waals surface area contributed by atoms with Crippen LogP contribution in [0.2, 0.25) is 0 Å². The second-order valence-electron chi connectivity index (χ2n) is 6.37. The topological polar surface area (TPSA) is 129 Å². The molecule has 0 spiro atoms. The number of carbonyl (C=O) groups excluding carboxylic acids is 1. The number of hydrogen-bond acceptors (Lipinski definition) is 7. The molecule has 148 valence electrons. The lowest BCUT2D eigenvalue weighted by Crippen LogP contribution is -2.12. The van der Waals surface area contributed by atoms with Crippen LogP contribution in [0.4, 0.5) is 17.2 Å². The van der Waals surface area contributed by atoms with E-state index >= 15 is 0 Å². The van der Waals surface area contributed by atoms with Crippen molar-refractivity contribution in [2.45, 2.75) is 0 Å². The number of nitrogens with two attached hydrogens (primary N) is 2. The predicted octanol–water partition coefficient (Wildman–Crippen LogP) is 3.76. The molecule has 0 aliphatic carbocycles. The molecule has 8 nitrogen and oxygen atoms in total. The van der Waals surface area contributed by atoms with E-state index in [2.05, 4.69) is 20.3 Å². The quantitative estimate of drug-likeness (QED) is 0.422. The molecule has 4 rings (SSSR count). The number of para-hydroxylation sites is 1. The number of ether oxygens (including phenoxy) is 1. The van der Waals surface area contributed by atoms with Gasteiger partial charge < -0.3 is 21.5 Å². The summed E-state index contributed by atoms with van der Waals surface area (Å²) in [6, 6.07) is 19.8. The average molecular weight is 398 g/mol. The van der Waals surface area contributed by atoms with Crippen LogP contribution in [0.1, 0.15) is 10.5 Å². The molecule has 0 fully saturated rings. The van der Waals surface area contributed by atoms with Gasteiger partial charge in [0.15, 0.2) is 0 Å². The van der Waals surface area contributed by atoms with E-state index in [1.165, 1.54) is 18.6 Å². The SMILES string of the molecule is NC(=O)c1cc(Oc2cccc(Nc3cc(-c4ccccc4N)ncn3)c2)ccn1. The van der Waals surface area contributed by atoms with E-state index in [0.717, 1.165) is 11.3 Å². The summed E-state index contributed by atoms with van der Waals surface area (Å²) < 4.78 is 5.82. The van der Waals surface area contributed by atoms with Gasteiger partial charge in [-0.3, -0.25) is 9.78 Å². The van der Waals surface area contributed by atoms with Crippen molar-refractivity contribution < 1.29 is 9.53 Å². The Hall–Kier alpha value is -4.46. The summed E-state index contributed by atoms with van der Waals surface area (Å²) in [6.45, 7) is 0. The van der Waals surface area contributed by atoms with Gasteiger partial charge in [0.1, 0.15) is 29.3 Å². The lowest BCUT2D eigenvalue weighted by Gasteiger charge is -2.11. The number of anilines is 3. The molecule has 2 aromatic carbocycles. The molecule has 8 heteroatoms. The van der Waals surface area contributed by atoms with E-state index in [1.54, 1.807) is 12.1 Å². The van der Waals surface area contributed by atoms with Crippen molar-refractivity contribution >= 4 is 23.1 Å². The van der Waals surface area contributed by atoms with Crippen molar-refractivity contribution in [3.8, 4) is 22.8 Å². The molecular formula is C22H18N6O2. The summed E-state index contributed by atoms with van der Waals surface area (Å²) in [4.78, 5) is 23.8. The molecule has 0 atom stereocenters. The number of nitrogens with zero attached hydrogens (tertiary/aromatic N) is 3. The Morgan fingerprint density at radius 2 is 1.73 bits per heavy atom. The first-order chi connectivity index (χ1) is 14.6. The minimum absolute atomic E-state index is 0.135. The van der Waals surface area contributed by atoms with Crippen molar-refractivity contribution in [2.24, 2.45) is 5.73 Å². The van der Waals surface area contributed by atoms with Gasteiger partial charge in [-0.2, -0.15) is 0 Å². The standard InChI is InChI=1S/C22H18N6O2/c23-18-7-2-1-6-17(18)19-12-21(27-13-26-19)28-14-4-3-5-15(10-14)30-16-8-9-25-20(11-16)22(24)29/h1-13H,23H2,(H2,24,29)(H,26,27,28). The van der Waals surface area contributed by atoms with Gasteiger partial charge in [0.2, 0.25) is 0 Å². The van der Waals surface area contributed by atoms with E-state index in [0.29, 0.717) is 28.7 Å². The first kappa shape index (κ1) is 18.9. The van der Waals surface area contributed by atoms with E-state index < -0.39 is 5.91 Å². The zero-order valence-electron chi connectivity index (χ0n) is 15.8. The molecule has 1 amide bonds. The van der Waals surface area contributed by atoms with Gasteiger partial charge in [-0.05, 0) is 24.3 Å². The summed E-state index contributed by atoms with van der Waals surface area (Å²) >= 11 is 0. The lowest BCUT2D eigenvalue weighted by molar-refractivity contribution is 0.0995. The number of pyridine rings is 1. The predicted molar refractivity (Wildman–Crippen MR) is 114 cm³/mol. The third-order valence-corrected chi connectivity index (χ3v) is 4.23. The number of carbonyl (C=O) groups is 1. The zero-order valence-corrected chi connectivity index (χ0v) is 15.8. The Morgan fingerprint density at radius 1 is 0.900 bits per heavy atom. The molecule has 0 aliphatic heterocycles. The Labute approximate surface area is 172 Å². The summed E-state index contributed by atoms with van der Waals surface area (Å²) in [5.74, 6) is 1.03. The van der Waals surface area contributed by atoms with Crippen LogP contribution < -0.4 is 21.5 Å². The molecule has 0 aliphatic rings. The Balaban J connectivity index is 1.54. The van der Waals surface area contributed by atoms with Crippen molar-refractivity contribution in [3.63, 3.8) is 0 Å². The fourth-order valence-electron chi connectivity index (χ4n) is 2.83. The van der Waals surface area contributed by atoms with Crippen LogP contribution in [0, 0.1) is 0 Å². The van der Waals surface area contributed by atoms with Gasteiger partial charge in [-0.15, -0.1) is 0 Å².